The molecule has 198 valence electrons. The second-order valence-corrected chi connectivity index (χ2v) is 12.5. The van der Waals surface area contributed by atoms with Crippen molar-refractivity contribution in [1.29, 1.82) is 0 Å². The number of carboxylic acid groups (broad SMARTS) is 1. The van der Waals surface area contributed by atoms with Crippen LogP contribution < -0.4 is 0 Å². The van der Waals surface area contributed by atoms with Crippen molar-refractivity contribution in [3.63, 3.8) is 0 Å². The number of hydrogen-bond acceptors (Lipinski definition) is 7. The van der Waals surface area contributed by atoms with E-state index in [1.54, 1.807) is 0 Å². The van der Waals surface area contributed by atoms with Crippen molar-refractivity contribution >= 4 is 23.5 Å². The maximum absolute atomic E-state index is 13.3. The number of hydrogen-bond donors (Lipinski definition) is 2. The predicted octanol–water partition coefficient (Wildman–Crippen LogP) is 3.55. The number of fused-ring (bicyclic) bond motifs is 2. The maximum atomic E-state index is 13.3. The molecular weight excluding hydrogens is 464 g/mol. The summed E-state index contributed by atoms with van der Waals surface area (Å²) in [7, 11) is 0. The summed E-state index contributed by atoms with van der Waals surface area (Å²) in [5.41, 5.74) is -1.55. The van der Waals surface area contributed by atoms with Gasteiger partial charge in [-0.1, -0.05) is 39.3 Å². The molecular formula is C28H38O8. The number of carbonyl (C=O) groups is 4. The van der Waals surface area contributed by atoms with Crippen LogP contribution in [0.3, 0.4) is 0 Å². The van der Waals surface area contributed by atoms with Crippen molar-refractivity contribution in [2.45, 2.75) is 96.4 Å². The summed E-state index contributed by atoms with van der Waals surface area (Å²) in [5.74, 6) is -2.16. The first-order chi connectivity index (χ1) is 16.6. The Morgan fingerprint density at radius 1 is 1.22 bits per heavy atom. The molecule has 4 aliphatic rings. The Balaban J connectivity index is 1.45. The van der Waals surface area contributed by atoms with Crippen LogP contribution in [-0.2, 0) is 28.7 Å². The van der Waals surface area contributed by atoms with E-state index >= 15 is 0 Å². The summed E-state index contributed by atoms with van der Waals surface area (Å²) in [6, 6.07) is 0. The van der Waals surface area contributed by atoms with Gasteiger partial charge in [-0.25, -0.2) is 0 Å². The third-order valence-electron chi connectivity index (χ3n) is 9.24. The summed E-state index contributed by atoms with van der Waals surface area (Å²) in [5, 5.41) is 18.9. The summed E-state index contributed by atoms with van der Waals surface area (Å²) in [6.45, 7) is 12.2. The third kappa shape index (κ3) is 4.70. The number of epoxide rings is 1. The number of allylic oxidation sites excluding steroid dienone is 1. The molecule has 2 saturated carbocycles. The van der Waals surface area contributed by atoms with E-state index in [4.69, 9.17) is 14.6 Å². The molecule has 8 heteroatoms. The van der Waals surface area contributed by atoms with Gasteiger partial charge in [-0.2, -0.15) is 0 Å². The second-order valence-electron chi connectivity index (χ2n) is 12.5. The Morgan fingerprint density at radius 2 is 1.92 bits per heavy atom. The van der Waals surface area contributed by atoms with Crippen LogP contribution in [-0.4, -0.2) is 57.6 Å². The van der Waals surface area contributed by atoms with Crippen molar-refractivity contribution in [3.05, 3.63) is 23.8 Å². The third-order valence-corrected chi connectivity index (χ3v) is 9.24. The van der Waals surface area contributed by atoms with Crippen LogP contribution in [0.15, 0.2) is 23.8 Å². The number of ketones is 2. The predicted molar refractivity (Wildman–Crippen MR) is 130 cm³/mol. The molecule has 1 unspecified atom stereocenters. The van der Waals surface area contributed by atoms with Gasteiger partial charge in [-0.3, -0.25) is 19.2 Å². The van der Waals surface area contributed by atoms with Crippen LogP contribution in [0.2, 0.25) is 0 Å². The summed E-state index contributed by atoms with van der Waals surface area (Å²) in [6.07, 6.45) is 5.01. The summed E-state index contributed by atoms with van der Waals surface area (Å²) >= 11 is 0. The molecule has 1 saturated heterocycles. The van der Waals surface area contributed by atoms with Gasteiger partial charge >= 0.3 is 11.9 Å². The number of rotatable bonds is 8. The van der Waals surface area contributed by atoms with Crippen molar-refractivity contribution < 1.29 is 38.9 Å². The molecule has 0 bridgehead atoms. The highest BCUT2D eigenvalue weighted by Crippen LogP contribution is 2.64. The minimum Gasteiger partial charge on any atom is -0.481 e. The molecule has 3 aliphatic carbocycles. The van der Waals surface area contributed by atoms with Gasteiger partial charge in [0.25, 0.3) is 0 Å². The van der Waals surface area contributed by atoms with Crippen LogP contribution in [0.4, 0.5) is 0 Å². The van der Waals surface area contributed by atoms with Crippen molar-refractivity contribution in [1.82, 2.24) is 0 Å². The minimum atomic E-state index is -1.78. The lowest BCUT2D eigenvalue weighted by Gasteiger charge is -2.58. The molecule has 0 radical (unpaired) electrons. The van der Waals surface area contributed by atoms with Crippen LogP contribution in [0.5, 0.6) is 0 Å². The largest absolute Gasteiger partial charge is 0.481 e. The Morgan fingerprint density at radius 3 is 2.58 bits per heavy atom. The minimum absolute atomic E-state index is 0.00190. The van der Waals surface area contributed by atoms with Gasteiger partial charge in [0.2, 0.25) is 0 Å². The van der Waals surface area contributed by atoms with Crippen LogP contribution >= 0.6 is 0 Å². The van der Waals surface area contributed by atoms with E-state index in [9.17, 15) is 24.3 Å². The van der Waals surface area contributed by atoms with E-state index in [0.29, 0.717) is 12.3 Å². The Labute approximate surface area is 212 Å². The highest BCUT2D eigenvalue weighted by molar-refractivity contribution is 6.18. The lowest BCUT2D eigenvalue weighted by Crippen LogP contribution is -2.51. The molecule has 6 atom stereocenters. The lowest BCUT2D eigenvalue weighted by molar-refractivity contribution is -0.151. The summed E-state index contributed by atoms with van der Waals surface area (Å²) in [4.78, 5) is 49.2. The number of aliphatic carboxylic acids is 1. The van der Waals surface area contributed by atoms with Crippen molar-refractivity contribution in [3.8, 4) is 0 Å². The highest BCUT2D eigenvalue weighted by Gasteiger charge is 2.69. The Bertz CT molecular complexity index is 1040. The standard InChI is InChI=1S/C28H38O8/c1-16-7-8-19-25(2,3)9-6-10-27(19,5)18(16)12-28-20(29)11-17(23(33)24(28)36-28)15-35-22(32)14-26(4,34)13-21(30)31/h11,18-19,24,34H,1,6-10,12-15H2,2-5H3,(H,30,31)/t18-,19-,24+,26?,27+,28-/m0/s1. The number of Topliss-reactive ketones (excluding diaryl/α,β-unsaturated/α-hetero) is 1. The molecule has 1 heterocycles. The van der Waals surface area contributed by atoms with Crippen molar-refractivity contribution in [2.75, 3.05) is 6.61 Å². The Kier molecular flexibility index (Phi) is 6.62. The molecule has 4 rings (SSSR count). The molecule has 2 N–H and O–H groups in total. The van der Waals surface area contributed by atoms with E-state index in [0.717, 1.165) is 31.3 Å². The van der Waals surface area contributed by atoms with Gasteiger partial charge in [0, 0.05) is 5.57 Å². The lowest BCUT2D eigenvalue weighted by atomic mass is 9.46. The number of ether oxygens (including phenoxy) is 2. The van der Waals surface area contributed by atoms with Gasteiger partial charge in [-0.15, -0.1) is 0 Å². The molecule has 0 spiro atoms. The number of esters is 1. The first-order valence-corrected chi connectivity index (χ1v) is 12.9. The van der Waals surface area contributed by atoms with E-state index < -0.39 is 48.7 Å². The monoisotopic (exact) mass is 502 g/mol. The Hall–Kier alpha value is -2.32. The van der Waals surface area contributed by atoms with Gasteiger partial charge in [-0.05, 0) is 67.8 Å². The smallest absolute Gasteiger partial charge is 0.309 e. The highest BCUT2D eigenvalue weighted by atomic mass is 16.6. The fourth-order valence-electron chi connectivity index (χ4n) is 7.38. The zero-order valence-electron chi connectivity index (χ0n) is 21.7. The molecule has 3 fully saturated rings. The van der Waals surface area contributed by atoms with E-state index in [1.807, 2.05) is 0 Å². The fourth-order valence-corrected chi connectivity index (χ4v) is 7.38. The number of carboxylic acids is 1. The second kappa shape index (κ2) is 8.91. The van der Waals surface area contributed by atoms with Crippen molar-refractivity contribution in [2.24, 2.45) is 22.7 Å². The van der Waals surface area contributed by atoms with Gasteiger partial charge in [0.15, 0.2) is 23.3 Å². The quantitative estimate of drug-likeness (QED) is 0.293. The molecule has 0 aromatic carbocycles. The van der Waals surface area contributed by atoms with Crippen LogP contribution in [0.25, 0.3) is 0 Å². The molecule has 1 aliphatic heterocycles. The van der Waals surface area contributed by atoms with E-state index in [-0.39, 0.29) is 33.9 Å². The molecule has 0 aromatic heterocycles. The normalized spacial score (nSPS) is 36.8. The van der Waals surface area contributed by atoms with Crippen LogP contribution in [0, 0.1) is 22.7 Å². The van der Waals surface area contributed by atoms with E-state index in [2.05, 4.69) is 27.4 Å². The van der Waals surface area contributed by atoms with E-state index in [1.165, 1.54) is 19.4 Å². The SMILES string of the molecule is C=C1CC[C@H]2C(C)(C)CCC[C@]2(C)[C@H]1C[C@@]12O[C@@H]1C(=O)C(COC(=O)CC(C)(O)CC(=O)O)=CC2=O. The summed E-state index contributed by atoms with van der Waals surface area (Å²) < 4.78 is 10.9. The number of carbonyl (C=O) groups excluding carboxylic acids is 3. The topological polar surface area (TPSA) is 130 Å². The molecule has 8 nitrogen and oxygen atoms in total. The molecule has 36 heavy (non-hydrogen) atoms. The fraction of sp³-hybridized carbons (Fsp3) is 0.714. The van der Waals surface area contributed by atoms with Gasteiger partial charge in [0.05, 0.1) is 18.4 Å². The average molecular weight is 503 g/mol. The average Bonchev–Trinajstić information content (AvgIpc) is 3.47. The zero-order valence-corrected chi connectivity index (χ0v) is 21.7. The van der Waals surface area contributed by atoms with Gasteiger partial charge in [0.1, 0.15) is 6.61 Å². The first-order valence-electron chi connectivity index (χ1n) is 12.9. The maximum Gasteiger partial charge on any atom is 0.309 e. The van der Waals surface area contributed by atoms with Crippen LogP contribution in [0.1, 0.15) is 79.1 Å². The number of aliphatic hydroxyl groups is 1. The van der Waals surface area contributed by atoms with Gasteiger partial charge < -0.3 is 19.7 Å². The molecule has 0 amide bonds. The zero-order chi connectivity index (χ0) is 26.7. The first kappa shape index (κ1) is 26.7. The molecule has 0 aromatic rings.